The molecule has 2 atom stereocenters. The summed E-state index contributed by atoms with van der Waals surface area (Å²) in [5.41, 5.74) is 0. The number of ketones is 1. The molecule has 0 aromatic carbocycles. The summed E-state index contributed by atoms with van der Waals surface area (Å²) in [6, 6.07) is -0.0764. The first-order chi connectivity index (χ1) is 4.46. The molecule has 0 N–H and O–H groups in total. The number of rotatable bonds is 3. The molecule has 60 valence electrons. The van der Waals surface area contributed by atoms with Crippen molar-refractivity contribution in [3.63, 3.8) is 0 Å². The van der Waals surface area contributed by atoms with Crippen molar-refractivity contribution < 1.29 is 4.79 Å². The topological polar surface area (TPSA) is 20.3 Å². The molecule has 0 aliphatic heterocycles. The minimum atomic E-state index is -0.377. The van der Waals surface area contributed by atoms with Gasteiger partial charge >= 0.3 is 0 Å². The molecule has 0 aliphatic carbocycles. The highest BCUT2D eigenvalue weighted by Gasteiger charge is 2.18. The van der Waals surface area contributed by atoms with E-state index in [0.29, 0.717) is 0 Å². The second-order valence-corrected chi connectivity index (χ2v) is 3.31. The van der Waals surface area contributed by atoms with Crippen molar-refractivity contribution in [2.24, 2.45) is 0 Å². The number of carbonyl (C=O) groups excluding carboxylic acids is 1. The van der Waals surface area contributed by atoms with Crippen molar-refractivity contribution >= 4 is 17.4 Å². The van der Waals surface area contributed by atoms with Crippen LogP contribution in [0.2, 0.25) is 0 Å². The van der Waals surface area contributed by atoms with Crippen LogP contribution in [-0.4, -0.2) is 36.2 Å². The molecular formula is C7H14ClNO. The minimum Gasteiger partial charge on any atom is -0.300 e. The minimum absolute atomic E-state index is 0.0756. The largest absolute Gasteiger partial charge is 0.300 e. The van der Waals surface area contributed by atoms with E-state index in [0.717, 1.165) is 0 Å². The molecule has 0 aromatic heterocycles. The predicted molar refractivity (Wildman–Crippen MR) is 43.5 cm³/mol. The van der Waals surface area contributed by atoms with Gasteiger partial charge in [0, 0.05) is 0 Å². The maximum Gasteiger partial charge on any atom is 0.167 e. The van der Waals surface area contributed by atoms with Crippen molar-refractivity contribution in [2.45, 2.75) is 25.3 Å². The maximum absolute atomic E-state index is 11.1. The van der Waals surface area contributed by atoms with E-state index >= 15 is 0 Å². The van der Waals surface area contributed by atoms with Crippen LogP contribution in [0.15, 0.2) is 0 Å². The zero-order valence-corrected chi connectivity index (χ0v) is 7.64. The monoisotopic (exact) mass is 163 g/mol. The first kappa shape index (κ1) is 9.92. The highest BCUT2D eigenvalue weighted by Crippen LogP contribution is 2.02. The van der Waals surface area contributed by atoms with Gasteiger partial charge in [0.1, 0.15) is 0 Å². The second kappa shape index (κ2) is 3.94. The zero-order chi connectivity index (χ0) is 8.31. The molecule has 0 amide bonds. The molecule has 0 aliphatic rings. The number of alkyl halides is 1. The van der Waals surface area contributed by atoms with E-state index in [1.54, 1.807) is 6.92 Å². The number of likely N-dealkylation sites (N-methyl/N-ethyl adjacent to an activating group) is 1. The summed E-state index contributed by atoms with van der Waals surface area (Å²) in [4.78, 5) is 13.0. The van der Waals surface area contributed by atoms with Crippen molar-refractivity contribution in [1.82, 2.24) is 4.90 Å². The summed E-state index contributed by atoms with van der Waals surface area (Å²) in [5, 5.41) is -0.377. The highest BCUT2D eigenvalue weighted by molar-refractivity contribution is 6.31. The maximum atomic E-state index is 11.1. The van der Waals surface area contributed by atoms with E-state index < -0.39 is 0 Å². The summed E-state index contributed by atoms with van der Waals surface area (Å²) in [6.45, 7) is 3.55. The van der Waals surface area contributed by atoms with Crippen LogP contribution in [0.4, 0.5) is 0 Å². The Balaban J connectivity index is 3.95. The third-order valence-electron chi connectivity index (χ3n) is 1.58. The standard InChI is InChI=1S/C7H14ClNO/c1-5(8)7(10)6(2)9(3)4/h5-6H,1-4H3. The van der Waals surface area contributed by atoms with Crippen molar-refractivity contribution in [1.29, 1.82) is 0 Å². The van der Waals surface area contributed by atoms with E-state index in [1.165, 1.54) is 0 Å². The van der Waals surface area contributed by atoms with Crippen LogP contribution in [0.3, 0.4) is 0 Å². The van der Waals surface area contributed by atoms with E-state index in [9.17, 15) is 4.79 Å². The molecule has 2 unspecified atom stereocenters. The summed E-state index contributed by atoms with van der Waals surface area (Å²) in [6.07, 6.45) is 0. The Morgan fingerprint density at radius 1 is 1.40 bits per heavy atom. The third-order valence-corrected chi connectivity index (χ3v) is 1.79. The van der Waals surface area contributed by atoms with Crippen molar-refractivity contribution in [3.8, 4) is 0 Å². The molecule has 0 rings (SSSR count). The predicted octanol–water partition coefficient (Wildman–Crippen LogP) is 1.13. The molecule has 0 radical (unpaired) electrons. The number of Topliss-reactive ketones (excluding diaryl/α,β-unsaturated/α-hetero) is 1. The summed E-state index contributed by atoms with van der Waals surface area (Å²) in [7, 11) is 3.73. The number of hydrogen-bond acceptors (Lipinski definition) is 2. The van der Waals surface area contributed by atoms with Crippen molar-refractivity contribution in [2.75, 3.05) is 14.1 Å². The molecule has 3 heteroatoms. The Morgan fingerprint density at radius 3 is 1.90 bits per heavy atom. The molecule has 0 heterocycles. The number of hydrogen-bond donors (Lipinski definition) is 0. The lowest BCUT2D eigenvalue weighted by Gasteiger charge is -2.18. The lowest BCUT2D eigenvalue weighted by atomic mass is 10.1. The van der Waals surface area contributed by atoms with Gasteiger partial charge in [0.05, 0.1) is 11.4 Å². The fourth-order valence-corrected chi connectivity index (χ4v) is 0.769. The molecule has 0 saturated carbocycles. The van der Waals surface area contributed by atoms with Crippen LogP contribution in [0.25, 0.3) is 0 Å². The first-order valence-corrected chi connectivity index (χ1v) is 3.74. The zero-order valence-electron chi connectivity index (χ0n) is 6.89. The molecule has 0 aromatic rings. The fraction of sp³-hybridized carbons (Fsp3) is 0.857. The van der Waals surface area contributed by atoms with Gasteiger partial charge in [-0.05, 0) is 27.9 Å². The first-order valence-electron chi connectivity index (χ1n) is 3.31. The lowest BCUT2D eigenvalue weighted by Crippen LogP contribution is -2.36. The number of halogens is 1. The Kier molecular flexibility index (Phi) is 3.91. The van der Waals surface area contributed by atoms with E-state index in [4.69, 9.17) is 11.6 Å². The Morgan fingerprint density at radius 2 is 1.80 bits per heavy atom. The van der Waals surface area contributed by atoms with Gasteiger partial charge in [0.15, 0.2) is 5.78 Å². The third kappa shape index (κ3) is 2.67. The Bertz CT molecular complexity index is 123. The van der Waals surface area contributed by atoms with E-state index in [2.05, 4.69) is 0 Å². The smallest absolute Gasteiger partial charge is 0.167 e. The number of nitrogens with zero attached hydrogens (tertiary/aromatic N) is 1. The van der Waals surface area contributed by atoms with Gasteiger partial charge in [-0.25, -0.2) is 0 Å². The SMILES string of the molecule is CC(Cl)C(=O)C(C)N(C)C. The van der Waals surface area contributed by atoms with Gasteiger partial charge in [-0.2, -0.15) is 0 Å². The highest BCUT2D eigenvalue weighted by atomic mass is 35.5. The van der Waals surface area contributed by atoms with Gasteiger partial charge in [0.25, 0.3) is 0 Å². The molecule has 0 fully saturated rings. The van der Waals surface area contributed by atoms with Crippen LogP contribution in [-0.2, 0) is 4.79 Å². The van der Waals surface area contributed by atoms with Crippen LogP contribution in [0, 0.1) is 0 Å². The molecule has 0 saturated heterocycles. The molecule has 0 spiro atoms. The van der Waals surface area contributed by atoms with Crippen LogP contribution >= 0.6 is 11.6 Å². The van der Waals surface area contributed by atoms with Gasteiger partial charge < -0.3 is 0 Å². The lowest BCUT2D eigenvalue weighted by molar-refractivity contribution is -0.122. The van der Waals surface area contributed by atoms with Gasteiger partial charge in [-0.15, -0.1) is 11.6 Å². The second-order valence-electron chi connectivity index (χ2n) is 2.66. The van der Waals surface area contributed by atoms with Crippen molar-refractivity contribution in [3.05, 3.63) is 0 Å². The molecule has 10 heavy (non-hydrogen) atoms. The molecular weight excluding hydrogens is 150 g/mol. The Labute approximate surface area is 67.2 Å². The summed E-state index contributed by atoms with van der Waals surface area (Å²) >= 11 is 5.59. The van der Waals surface area contributed by atoms with E-state index in [-0.39, 0.29) is 17.2 Å². The van der Waals surface area contributed by atoms with Gasteiger partial charge in [-0.1, -0.05) is 0 Å². The molecule has 0 bridgehead atoms. The average Bonchev–Trinajstić information content (AvgIpc) is 1.84. The number of carbonyl (C=O) groups is 1. The van der Waals surface area contributed by atoms with Crippen LogP contribution < -0.4 is 0 Å². The van der Waals surface area contributed by atoms with Gasteiger partial charge in [-0.3, -0.25) is 9.69 Å². The van der Waals surface area contributed by atoms with Gasteiger partial charge in [0.2, 0.25) is 0 Å². The quantitative estimate of drug-likeness (QED) is 0.582. The summed E-state index contributed by atoms with van der Waals surface area (Å²) in [5.74, 6) is 0.0756. The molecule has 2 nitrogen and oxygen atoms in total. The van der Waals surface area contributed by atoms with Crippen LogP contribution in [0.1, 0.15) is 13.8 Å². The van der Waals surface area contributed by atoms with E-state index in [1.807, 2.05) is 25.9 Å². The normalized spacial score (nSPS) is 17.0. The van der Waals surface area contributed by atoms with Crippen LogP contribution in [0.5, 0.6) is 0 Å². The fourth-order valence-electron chi connectivity index (χ4n) is 0.587. The summed E-state index contributed by atoms with van der Waals surface area (Å²) < 4.78 is 0. The Hall–Kier alpha value is -0.0800. The average molecular weight is 164 g/mol.